The van der Waals surface area contributed by atoms with Crippen LogP contribution in [0.15, 0.2) is 66.7 Å². The fourth-order valence-electron chi connectivity index (χ4n) is 2.87. The highest BCUT2D eigenvalue weighted by atomic mass is 16.5. The summed E-state index contributed by atoms with van der Waals surface area (Å²) in [6, 6.07) is 21.5. The molecule has 4 rings (SSSR count). The third kappa shape index (κ3) is 1.96. The maximum atomic E-state index is 10.3. The van der Waals surface area contributed by atoms with Gasteiger partial charge in [-0.15, -0.1) is 0 Å². The van der Waals surface area contributed by atoms with E-state index in [1.165, 1.54) is 0 Å². The average Bonchev–Trinajstić information content (AvgIpc) is 2.54. The summed E-state index contributed by atoms with van der Waals surface area (Å²) in [7, 11) is 0. The molecule has 21 heavy (non-hydrogen) atoms. The summed E-state index contributed by atoms with van der Waals surface area (Å²) in [5.74, 6) is 2.02. The number of benzene rings is 3. The Morgan fingerprint density at radius 3 is 2.38 bits per heavy atom. The van der Waals surface area contributed by atoms with Crippen molar-refractivity contribution in [1.29, 1.82) is 0 Å². The van der Waals surface area contributed by atoms with Gasteiger partial charge < -0.3 is 9.84 Å². The highest BCUT2D eigenvalue weighted by molar-refractivity contribution is 5.77. The van der Waals surface area contributed by atoms with Gasteiger partial charge in [0.05, 0.1) is 0 Å². The van der Waals surface area contributed by atoms with Crippen LogP contribution in [0.1, 0.15) is 11.1 Å². The highest BCUT2D eigenvalue weighted by Crippen LogP contribution is 2.44. The lowest BCUT2D eigenvalue weighted by atomic mass is 9.91. The summed E-state index contributed by atoms with van der Waals surface area (Å²) < 4.78 is 5.98. The van der Waals surface area contributed by atoms with Crippen LogP contribution in [0.25, 0.3) is 11.1 Å². The zero-order valence-corrected chi connectivity index (χ0v) is 11.4. The van der Waals surface area contributed by atoms with E-state index in [2.05, 4.69) is 6.07 Å². The first-order chi connectivity index (χ1) is 10.3. The summed E-state index contributed by atoms with van der Waals surface area (Å²) in [6.07, 6.45) is 0.768. The van der Waals surface area contributed by atoms with Crippen molar-refractivity contribution < 1.29 is 9.84 Å². The van der Waals surface area contributed by atoms with Gasteiger partial charge in [-0.05, 0) is 29.3 Å². The molecule has 1 aliphatic rings. The average molecular weight is 274 g/mol. The zero-order chi connectivity index (χ0) is 14.2. The van der Waals surface area contributed by atoms with Crippen LogP contribution in [0.2, 0.25) is 0 Å². The van der Waals surface area contributed by atoms with Crippen LogP contribution in [0.5, 0.6) is 17.2 Å². The summed E-state index contributed by atoms with van der Waals surface area (Å²) in [5.41, 5.74) is 4.06. The number of fused-ring (bicyclic) bond motifs is 2. The summed E-state index contributed by atoms with van der Waals surface area (Å²) in [4.78, 5) is 0. The van der Waals surface area contributed by atoms with Crippen LogP contribution in [-0.4, -0.2) is 5.11 Å². The van der Waals surface area contributed by atoms with Crippen LogP contribution in [0.4, 0.5) is 0 Å². The molecule has 0 atom stereocenters. The molecule has 1 aliphatic heterocycles. The molecular formula is C19H14O2. The number of phenols is 1. The Hall–Kier alpha value is -2.74. The molecule has 1 heterocycles. The van der Waals surface area contributed by atoms with Crippen molar-refractivity contribution in [3.05, 3.63) is 77.9 Å². The van der Waals surface area contributed by atoms with Gasteiger partial charge in [0.1, 0.15) is 17.2 Å². The molecule has 2 nitrogen and oxygen atoms in total. The fraction of sp³-hybridized carbons (Fsp3) is 0.0526. The van der Waals surface area contributed by atoms with Gasteiger partial charge in [0.2, 0.25) is 0 Å². The normalized spacial score (nSPS) is 12.2. The quantitative estimate of drug-likeness (QED) is 0.542. The third-order valence-corrected chi connectivity index (χ3v) is 3.87. The second-order valence-electron chi connectivity index (χ2n) is 5.19. The van der Waals surface area contributed by atoms with Crippen molar-refractivity contribution in [1.82, 2.24) is 0 Å². The van der Waals surface area contributed by atoms with Crippen LogP contribution >= 0.6 is 0 Å². The second kappa shape index (κ2) is 4.67. The topological polar surface area (TPSA) is 29.5 Å². The predicted octanol–water partition coefficient (Wildman–Crippen LogP) is 4.76. The summed E-state index contributed by atoms with van der Waals surface area (Å²) in [5, 5.41) is 10.3. The number of rotatable bonds is 1. The number of ether oxygens (including phenoxy) is 1. The van der Waals surface area contributed by atoms with E-state index in [9.17, 15) is 5.11 Å². The molecule has 0 radical (unpaired) electrons. The van der Waals surface area contributed by atoms with Gasteiger partial charge in [-0.2, -0.15) is 0 Å². The standard InChI is InChI=1S/C19H14O2/c20-16-10-11-18-15(19(16)13-6-2-1-3-7-13)12-14-8-4-5-9-17(14)21-18/h1-11,20H,12H2. The molecule has 0 unspecified atom stereocenters. The third-order valence-electron chi connectivity index (χ3n) is 3.87. The molecule has 1 N–H and O–H groups in total. The van der Waals surface area contributed by atoms with Gasteiger partial charge in [0, 0.05) is 17.5 Å². The molecule has 102 valence electrons. The van der Waals surface area contributed by atoms with Crippen molar-refractivity contribution in [2.45, 2.75) is 6.42 Å². The van der Waals surface area contributed by atoms with E-state index in [0.717, 1.165) is 40.2 Å². The van der Waals surface area contributed by atoms with Gasteiger partial charge in [-0.25, -0.2) is 0 Å². The van der Waals surface area contributed by atoms with E-state index in [1.54, 1.807) is 6.07 Å². The van der Waals surface area contributed by atoms with Gasteiger partial charge in [-0.1, -0.05) is 48.5 Å². The first-order valence-corrected chi connectivity index (χ1v) is 6.99. The molecule has 3 aromatic carbocycles. The Morgan fingerprint density at radius 1 is 0.762 bits per heavy atom. The van der Waals surface area contributed by atoms with Gasteiger partial charge in [-0.3, -0.25) is 0 Å². The fourth-order valence-corrected chi connectivity index (χ4v) is 2.87. The monoisotopic (exact) mass is 274 g/mol. The summed E-state index contributed by atoms with van der Waals surface area (Å²) >= 11 is 0. The Morgan fingerprint density at radius 2 is 1.52 bits per heavy atom. The van der Waals surface area contributed by atoms with Crippen LogP contribution in [0.3, 0.4) is 0 Å². The van der Waals surface area contributed by atoms with Gasteiger partial charge in [0.15, 0.2) is 0 Å². The minimum absolute atomic E-state index is 0.294. The number of aromatic hydroxyl groups is 1. The number of para-hydroxylation sites is 1. The van der Waals surface area contributed by atoms with E-state index < -0.39 is 0 Å². The number of phenolic OH excluding ortho intramolecular Hbond substituents is 1. The molecule has 0 saturated carbocycles. The van der Waals surface area contributed by atoms with E-state index in [-0.39, 0.29) is 0 Å². The van der Waals surface area contributed by atoms with E-state index in [4.69, 9.17) is 4.74 Å². The van der Waals surface area contributed by atoms with Crippen molar-refractivity contribution in [2.24, 2.45) is 0 Å². The molecule has 0 bridgehead atoms. The molecule has 0 fully saturated rings. The lowest BCUT2D eigenvalue weighted by Crippen LogP contribution is -2.04. The molecular weight excluding hydrogens is 260 g/mol. The lowest BCUT2D eigenvalue weighted by Gasteiger charge is -2.23. The van der Waals surface area contributed by atoms with E-state index in [1.807, 2.05) is 54.6 Å². The highest BCUT2D eigenvalue weighted by Gasteiger charge is 2.22. The molecule has 0 amide bonds. The number of hydrogen-bond donors (Lipinski definition) is 1. The van der Waals surface area contributed by atoms with E-state index >= 15 is 0 Å². The van der Waals surface area contributed by atoms with Crippen LogP contribution in [-0.2, 0) is 6.42 Å². The molecule has 0 aromatic heterocycles. The van der Waals surface area contributed by atoms with Crippen molar-refractivity contribution in [2.75, 3.05) is 0 Å². The maximum absolute atomic E-state index is 10.3. The number of hydrogen-bond acceptors (Lipinski definition) is 2. The Labute approximate surface area is 123 Å². The minimum atomic E-state index is 0.294. The first kappa shape index (κ1) is 12.0. The summed E-state index contributed by atoms with van der Waals surface area (Å²) in [6.45, 7) is 0. The molecule has 0 spiro atoms. The smallest absolute Gasteiger partial charge is 0.131 e. The molecule has 0 saturated heterocycles. The first-order valence-electron chi connectivity index (χ1n) is 6.99. The second-order valence-corrected chi connectivity index (χ2v) is 5.19. The van der Waals surface area contributed by atoms with Crippen molar-refractivity contribution in [3.8, 4) is 28.4 Å². The van der Waals surface area contributed by atoms with Crippen molar-refractivity contribution >= 4 is 0 Å². The molecule has 0 aliphatic carbocycles. The Bertz CT molecular complexity index is 807. The predicted molar refractivity (Wildman–Crippen MR) is 82.9 cm³/mol. The van der Waals surface area contributed by atoms with Gasteiger partial charge in [0.25, 0.3) is 0 Å². The van der Waals surface area contributed by atoms with Crippen molar-refractivity contribution in [3.63, 3.8) is 0 Å². The van der Waals surface area contributed by atoms with E-state index in [0.29, 0.717) is 5.75 Å². The lowest BCUT2D eigenvalue weighted by molar-refractivity contribution is 0.450. The van der Waals surface area contributed by atoms with Crippen LogP contribution < -0.4 is 4.74 Å². The molecule has 2 heteroatoms. The largest absolute Gasteiger partial charge is 0.507 e. The minimum Gasteiger partial charge on any atom is -0.507 e. The Kier molecular flexibility index (Phi) is 2.68. The maximum Gasteiger partial charge on any atom is 0.131 e. The van der Waals surface area contributed by atoms with Crippen LogP contribution in [0, 0.1) is 0 Å². The SMILES string of the molecule is Oc1ccc2c(c1-c1ccccc1)Cc1ccccc1O2. The zero-order valence-electron chi connectivity index (χ0n) is 11.4. The molecule has 3 aromatic rings. The van der Waals surface area contributed by atoms with Gasteiger partial charge >= 0.3 is 0 Å². The Balaban J connectivity index is 1.92.